The Balaban J connectivity index is 2.30. The van der Waals surface area contributed by atoms with Gasteiger partial charge in [0.05, 0.1) is 20.8 Å². The maximum atomic E-state index is 10.1. The zero-order valence-corrected chi connectivity index (χ0v) is 8.15. The molecule has 3 N–H and O–H groups in total. The van der Waals surface area contributed by atoms with Crippen LogP contribution in [0.4, 0.5) is 0 Å². The van der Waals surface area contributed by atoms with Gasteiger partial charge in [0.25, 0.3) is 0 Å². The van der Waals surface area contributed by atoms with E-state index in [0.29, 0.717) is 6.42 Å². The molecule has 80 valence electrons. The maximum Gasteiger partial charge on any atom is 0.0921 e. The molecule has 0 saturated carbocycles. The summed E-state index contributed by atoms with van der Waals surface area (Å²) < 4.78 is 14.1. The summed E-state index contributed by atoms with van der Waals surface area (Å²) >= 11 is 0. The molecule has 0 aromatic carbocycles. The van der Waals surface area contributed by atoms with E-state index in [-0.39, 0.29) is 6.61 Å². The normalized spacial score (nSPS) is 14.2. The van der Waals surface area contributed by atoms with Gasteiger partial charge < -0.3 is 29.6 Å². The van der Waals surface area contributed by atoms with Crippen LogP contribution >= 0.6 is 7.82 Å². The largest absolute Gasteiger partial charge is 0.790 e. The third kappa shape index (κ3) is 4.50. The number of phosphoric ester groups is 1. The molecule has 0 aliphatic carbocycles. The monoisotopic (exact) mass is 219 g/mol. The Morgan fingerprint density at radius 3 is 2.93 bits per heavy atom. The highest BCUT2D eigenvalue weighted by atomic mass is 31.2. The lowest BCUT2D eigenvalue weighted by Crippen LogP contribution is -2.30. The molecule has 8 heteroatoms. The van der Waals surface area contributed by atoms with Crippen LogP contribution in [0.5, 0.6) is 0 Å². The SMILES string of the molecule is NC(COP(=O)([O-])[O-])Cc1cnc[nH]1. The topological polar surface area (TPSA) is 127 Å². The summed E-state index contributed by atoms with van der Waals surface area (Å²) in [6.07, 6.45) is 3.42. The van der Waals surface area contributed by atoms with E-state index in [2.05, 4.69) is 14.5 Å². The number of H-pyrrole nitrogens is 1. The fourth-order valence-electron chi connectivity index (χ4n) is 0.925. The number of imidazole rings is 1. The minimum Gasteiger partial charge on any atom is -0.790 e. The molecule has 0 saturated heterocycles. The molecule has 0 aliphatic rings. The number of hydrogen-bond donors (Lipinski definition) is 2. The highest BCUT2D eigenvalue weighted by Crippen LogP contribution is 2.24. The van der Waals surface area contributed by atoms with Crippen molar-refractivity contribution >= 4 is 7.82 Å². The van der Waals surface area contributed by atoms with E-state index in [0.717, 1.165) is 5.69 Å². The number of rotatable bonds is 5. The van der Waals surface area contributed by atoms with Crippen LogP contribution in [0.25, 0.3) is 0 Å². The van der Waals surface area contributed by atoms with Gasteiger partial charge in [0.15, 0.2) is 0 Å². The van der Waals surface area contributed by atoms with Crippen LogP contribution in [0.1, 0.15) is 5.69 Å². The van der Waals surface area contributed by atoms with E-state index in [4.69, 9.17) is 5.73 Å². The van der Waals surface area contributed by atoms with Crippen molar-refractivity contribution in [3.8, 4) is 0 Å². The molecule has 1 unspecified atom stereocenters. The number of nitrogens with one attached hydrogen (secondary N) is 1. The van der Waals surface area contributed by atoms with Crippen LogP contribution in [0, 0.1) is 0 Å². The first-order valence-corrected chi connectivity index (χ1v) is 5.33. The van der Waals surface area contributed by atoms with Crippen LogP contribution in [0.15, 0.2) is 12.5 Å². The van der Waals surface area contributed by atoms with Gasteiger partial charge in [-0.15, -0.1) is 0 Å². The molecule has 0 spiro atoms. The smallest absolute Gasteiger partial charge is 0.0921 e. The second-order valence-electron chi connectivity index (χ2n) is 2.78. The Kier molecular flexibility index (Phi) is 3.79. The van der Waals surface area contributed by atoms with Gasteiger partial charge in [0.2, 0.25) is 0 Å². The summed E-state index contributed by atoms with van der Waals surface area (Å²) in [7, 11) is -4.92. The molecule has 1 atom stereocenters. The Labute approximate surface area is 80.5 Å². The van der Waals surface area contributed by atoms with Gasteiger partial charge in [0, 0.05) is 24.4 Å². The molecule has 1 aromatic rings. The molecule has 1 rings (SSSR count). The summed E-state index contributed by atoms with van der Waals surface area (Å²) in [4.78, 5) is 26.8. The zero-order chi connectivity index (χ0) is 10.6. The second kappa shape index (κ2) is 4.68. The molecule has 14 heavy (non-hydrogen) atoms. The number of hydrogen-bond acceptors (Lipinski definition) is 6. The Bertz CT molecular complexity index is 309. The molecule has 7 nitrogen and oxygen atoms in total. The number of phosphoric acid groups is 1. The number of nitrogens with two attached hydrogens (primary N) is 1. The lowest BCUT2D eigenvalue weighted by atomic mass is 10.2. The predicted octanol–water partition coefficient (Wildman–Crippen LogP) is -1.88. The Hall–Kier alpha value is -0.720. The van der Waals surface area contributed by atoms with Gasteiger partial charge in [-0.1, -0.05) is 0 Å². The van der Waals surface area contributed by atoms with Crippen molar-refractivity contribution in [1.82, 2.24) is 9.97 Å². The van der Waals surface area contributed by atoms with Gasteiger partial charge in [-0.05, 0) is 0 Å². The Morgan fingerprint density at radius 2 is 2.43 bits per heavy atom. The summed E-state index contributed by atoms with van der Waals surface area (Å²) in [5.74, 6) is 0. The van der Waals surface area contributed by atoms with E-state index >= 15 is 0 Å². The average Bonchev–Trinajstić information content (AvgIpc) is 2.52. The third-order valence-corrected chi connectivity index (χ3v) is 1.95. The Morgan fingerprint density at radius 1 is 1.71 bits per heavy atom. The van der Waals surface area contributed by atoms with Crippen molar-refractivity contribution in [2.24, 2.45) is 5.73 Å². The quantitative estimate of drug-likeness (QED) is 0.558. The minimum atomic E-state index is -4.92. The van der Waals surface area contributed by atoms with Crippen molar-refractivity contribution < 1.29 is 18.9 Å². The molecule has 0 bridgehead atoms. The third-order valence-electron chi connectivity index (χ3n) is 1.48. The predicted molar refractivity (Wildman–Crippen MR) is 43.8 cm³/mol. The fraction of sp³-hybridized carbons (Fsp3) is 0.500. The van der Waals surface area contributed by atoms with Crippen LogP contribution in [0.3, 0.4) is 0 Å². The minimum absolute atomic E-state index is 0.316. The number of aromatic nitrogens is 2. The molecule has 0 radical (unpaired) electrons. The van der Waals surface area contributed by atoms with Crippen LogP contribution < -0.4 is 15.5 Å². The fourth-order valence-corrected chi connectivity index (χ4v) is 1.30. The molecule has 0 fully saturated rings. The van der Waals surface area contributed by atoms with Crippen LogP contribution in [-0.2, 0) is 15.5 Å². The summed E-state index contributed by atoms with van der Waals surface area (Å²) in [5.41, 5.74) is 6.26. The summed E-state index contributed by atoms with van der Waals surface area (Å²) in [5, 5.41) is 0. The first-order valence-electron chi connectivity index (χ1n) is 3.87. The number of aromatic amines is 1. The molecular weight excluding hydrogens is 209 g/mol. The van der Waals surface area contributed by atoms with Crippen molar-refractivity contribution in [3.05, 3.63) is 18.2 Å². The van der Waals surface area contributed by atoms with Crippen molar-refractivity contribution in [1.29, 1.82) is 0 Å². The lowest BCUT2D eigenvalue weighted by molar-refractivity contribution is -0.341. The van der Waals surface area contributed by atoms with Gasteiger partial charge in [0.1, 0.15) is 0 Å². The average molecular weight is 219 g/mol. The molecule has 1 heterocycles. The first kappa shape index (κ1) is 11.4. The standard InChI is InChI=1S/C6H12N3O4P/c7-5(3-13-14(10,11)12)1-6-2-8-4-9-6/h2,4-5H,1,3,7H2,(H,8,9)(H2,10,11,12)/p-2. The highest BCUT2D eigenvalue weighted by molar-refractivity contribution is 7.43. The summed E-state index contributed by atoms with van der Waals surface area (Å²) in [6.45, 7) is -0.316. The molecule has 0 amide bonds. The van der Waals surface area contributed by atoms with E-state index < -0.39 is 13.9 Å². The number of nitrogens with zero attached hydrogens (tertiary/aromatic N) is 1. The molecular formula is C6H10N3O4P-2. The lowest BCUT2D eigenvalue weighted by Gasteiger charge is -2.29. The van der Waals surface area contributed by atoms with Gasteiger partial charge in [-0.2, -0.15) is 0 Å². The van der Waals surface area contributed by atoms with Crippen molar-refractivity contribution in [2.75, 3.05) is 6.61 Å². The second-order valence-corrected chi connectivity index (χ2v) is 3.94. The van der Waals surface area contributed by atoms with Crippen LogP contribution in [0.2, 0.25) is 0 Å². The van der Waals surface area contributed by atoms with Crippen molar-refractivity contribution in [2.45, 2.75) is 12.5 Å². The van der Waals surface area contributed by atoms with E-state index in [1.54, 1.807) is 6.20 Å². The van der Waals surface area contributed by atoms with E-state index in [1.165, 1.54) is 6.33 Å². The first-order chi connectivity index (χ1) is 6.47. The molecule has 1 aromatic heterocycles. The summed E-state index contributed by atoms with van der Waals surface area (Å²) in [6, 6.07) is -0.549. The van der Waals surface area contributed by atoms with Gasteiger partial charge >= 0.3 is 0 Å². The van der Waals surface area contributed by atoms with E-state index in [1.807, 2.05) is 0 Å². The maximum absolute atomic E-state index is 10.1. The van der Waals surface area contributed by atoms with Gasteiger partial charge in [-0.3, -0.25) is 0 Å². The van der Waals surface area contributed by atoms with Gasteiger partial charge in [-0.25, -0.2) is 4.98 Å². The van der Waals surface area contributed by atoms with Crippen molar-refractivity contribution in [3.63, 3.8) is 0 Å². The van der Waals surface area contributed by atoms with Crippen LogP contribution in [-0.4, -0.2) is 22.6 Å². The van der Waals surface area contributed by atoms with E-state index in [9.17, 15) is 14.4 Å². The molecule has 0 aliphatic heterocycles. The zero-order valence-electron chi connectivity index (χ0n) is 7.25. The highest BCUT2D eigenvalue weighted by Gasteiger charge is 2.05.